The van der Waals surface area contributed by atoms with Gasteiger partial charge in [0.1, 0.15) is 0 Å². The third-order valence-electron chi connectivity index (χ3n) is 12.1. The number of hydrogen-bond acceptors (Lipinski definition) is 15. The number of nitrogens with one attached hydrogen (secondary N) is 2. The van der Waals surface area contributed by atoms with Crippen LogP contribution in [0, 0.1) is 11.5 Å². The number of nitrogens with zero attached hydrogens (tertiary/aromatic N) is 9. The Morgan fingerprint density at radius 3 is 1.71 bits per heavy atom. The van der Waals surface area contributed by atoms with Crippen molar-refractivity contribution in [2.24, 2.45) is 4.36 Å². The molecule has 4 aliphatic rings. The summed E-state index contributed by atoms with van der Waals surface area (Å²) in [6.07, 6.45) is 12.6. The van der Waals surface area contributed by atoms with Gasteiger partial charge in [0.2, 0.25) is 18.1 Å². The smallest absolute Gasteiger partial charge is 1.00 e. The van der Waals surface area contributed by atoms with Crippen molar-refractivity contribution < 1.29 is 119 Å². The molecule has 3 unspecified atom stereocenters. The molecule has 21 heteroatoms. The van der Waals surface area contributed by atoms with Gasteiger partial charge < -0.3 is 37.3 Å². The first-order chi connectivity index (χ1) is 29.3. The van der Waals surface area contributed by atoms with Crippen LogP contribution in [0.4, 0.5) is 11.9 Å². The molecule has 5 atom stereocenters. The van der Waals surface area contributed by atoms with Gasteiger partial charge in [0.05, 0.1) is 0 Å². The summed E-state index contributed by atoms with van der Waals surface area (Å²) in [6, 6.07) is 20.4. The molecule has 3 aromatic rings. The van der Waals surface area contributed by atoms with Crippen LogP contribution in [-0.2, 0) is 32.2 Å². The predicted molar refractivity (Wildman–Crippen MR) is 251 cm³/mol. The van der Waals surface area contributed by atoms with E-state index < -0.39 is 0 Å². The first-order valence-electron chi connectivity index (χ1n) is 20.9. The number of piperidine rings is 2. The molecule has 4 fully saturated rings. The molecule has 7 rings (SSSR count). The van der Waals surface area contributed by atoms with Gasteiger partial charge in [-0.25, -0.2) is 5.10 Å². The van der Waals surface area contributed by atoms with E-state index in [0.29, 0.717) is 36.2 Å². The van der Waals surface area contributed by atoms with Crippen LogP contribution in [0.3, 0.4) is 0 Å². The number of nitrogens with two attached hydrogens (primary N) is 1. The summed E-state index contributed by atoms with van der Waals surface area (Å²) in [7, 11) is 6.00. The Labute approximate surface area is 478 Å². The SMILES string of the molecule is CSS(C)=NC#N.C[C@H]1CN(C2CCN(c3n[nH]c(N)n3)CC2)C(Cc2ccc(Cl)cc2)CN1C.C[C@H]1CN(C2CCNCC2)C(Cc2ccc(Cl)cc2)CN1C.O=CO[O-].[H-].[K+].[K+]. The number of aromatic nitrogens is 3. The zero-order valence-corrected chi connectivity index (χ0v) is 47.9. The van der Waals surface area contributed by atoms with Crippen molar-refractivity contribution in [3.63, 3.8) is 0 Å². The molecule has 0 aliphatic carbocycles. The van der Waals surface area contributed by atoms with Gasteiger partial charge in [-0.3, -0.25) is 14.6 Å². The number of carbonyl (C=O) groups excluding carboxylic acids is 1. The summed E-state index contributed by atoms with van der Waals surface area (Å²) in [4.78, 5) is 28.3. The molecule has 0 amide bonds. The zero-order chi connectivity index (χ0) is 44.3. The first-order valence-corrected chi connectivity index (χ1v) is 25.0. The van der Waals surface area contributed by atoms with Gasteiger partial charge in [-0.15, -0.1) is 9.46 Å². The summed E-state index contributed by atoms with van der Waals surface area (Å²) >= 11 is 12.1. The minimum atomic E-state index is -0.181. The zero-order valence-electron chi connectivity index (χ0n) is 39.5. The second kappa shape index (κ2) is 32.1. The third-order valence-corrected chi connectivity index (χ3v) is 15.1. The van der Waals surface area contributed by atoms with Gasteiger partial charge in [0, 0.05) is 91.8 Å². The summed E-state index contributed by atoms with van der Waals surface area (Å²) in [6.45, 7) is 13.3. The number of H-pyrrole nitrogens is 1. The fourth-order valence-corrected chi connectivity index (χ4v) is 9.27. The monoisotopic (exact) mass is 998 g/mol. The number of nitriles is 1. The number of nitrogen functional groups attached to an aromatic ring is 1. The van der Waals surface area contributed by atoms with Crippen LogP contribution in [0.5, 0.6) is 0 Å². The molecule has 340 valence electrons. The fourth-order valence-electron chi connectivity index (χ4n) is 8.50. The Bertz CT molecular complexity index is 1810. The number of aromatic amines is 1. The van der Waals surface area contributed by atoms with Gasteiger partial charge in [-0.1, -0.05) is 58.3 Å². The van der Waals surface area contributed by atoms with Crippen molar-refractivity contribution >= 4 is 62.1 Å². The molecular formula is C42H66Cl2K2N12O3S2. The predicted octanol–water partition coefficient (Wildman–Crippen LogP) is -1.37. The molecule has 4 aliphatic heterocycles. The minimum absolute atomic E-state index is 0. The van der Waals surface area contributed by atoms with E-state index in [-0.39, 0.29) is 120 Å². The average Bonchev–Trinajstić information content (AvgIpc) is 3.72. The van der Waals surface area contributed by atoms with Crippen LogP contribution >= 0.6 is 34.0 Å². The Morgan fingerprint density at radius 1 is 0.905 bits per heavy atom. The van der Waals surface area contributed by atoms with Gasteiger partial charge >= 0.3 is 103 Å². The van der Waals surface area contributed by atoms with E-state index in [1.54, 1.807) is 17.0 Å². The molecule has 4 saturated heterocycles. The maximum atomic E-state index is 8.64. The van der Waals surface area contributed by atoms with Crippen LogP contribution in [0.25, 0.3) is 0 Å². The molecular weight excluding hydrogens is 934 g/mol. The fraction of sp³-hybridized carbons (Fsp3) is 0.619. The topological polar surface area (TPSA) is 181 Å². The van der Waals surface area contributed by atoms with E-state index in [1.807, 2.05) is 36.8 Å². The number of carbonyl (C=O) groups is 1. The second-order valence-electron chi connectivity index (χ2n) is 16.1. The average molecular weight is 1000 g/mol. The van der Waals surface area contributed by atoms with Crippen LogP contribution in [0.1, 0.15) is 52.1 Å². The van der Waals surface area contributed by atoms with E-state index in [4.69, 9.17) is 44.2 Å². The molecule has 2 aromatic carbocycles. The van der Waals surface area contributed by atoms with Crippen molar-refractivity contribution in [2.75, 3.05) is 89.6 Å². The van der Waals surface area contributed by atoms with Crippen molar-refractivity contribution in [2.45, 2.75) is 88.6 Å². The largest absolute Gasteiger partial charge is 1.00 e. The van der Waals surface area contributed by atoms with Gasteiger partial charge in [0.15, 0.2) is 0 Å². The molecule has 0 radical (unpaired) electrons. The van der Waals surface area contributed by atoms with Crippen molar-refractivity contribution in [1.82, 2.24) is 40.1 Å². The van der Waals surface area contributed by atoms with Crippen LogP contribution in [0.15, 0.2) is 52.9 Å². The Kier molecular flexibility index (Phi) is 30.3. The Morgan fingerprint density at radius 2 is 1.35 bits per heavy atom. The second-order valence-corrected chi connectivity index (χ2v) is 20.8. The Balaban J connectivity index is 0.000000508. The summed E-state index contributed by atoms with van der Waals surface area (Å²) in [5.41, 5.74) is 8.44. The van der Waals surface area contributed by atoms with Crippen molar-refractivity contribution in [3.8, 4) is 6.19 Å². The number of rotatable bonds is 9. The number of hydrogen-bond donors (Lipinski definition) is 3. The molecule has 15 nitrogen and oxygen atoms in total. The normalized spacial score (nSPS) is 23.1. The summed E-state index contributed by atoms with van der Waals surface area (Å²) < 4.78 is 3.54. The number of likely N-dealkylation sites (N-methyl/N-ethyl adjacent to an activating group) is 2. The Hall–Kier alpha value is 0.253. The van der Waals surface area contributed by atoms with Crippen LogP contribution < -0.4 is 124 Å². The van der Waals surface area contributed by atoms with Crippen molar-refractivity contribution in [3.05, 3.63) is 69.7 Å². The van der Waals surface area contributed by atoms with Crippen LogP contribution in [0.2, 0.25) is 10.0 Å². The number of anilines is 2. The molecule has 5 heterocycles. The quantitative estimate of drug-likeness (QED) is 0.0571. The summed E-state index contributed by atoms with van der Waals surface area (Å²) in [5, 5.41) is 28.4. The molecule has 0 spiro atoms. The van der Waals surface area contributed by atoms with E-state index in [1.165, 1.54) is 43.6 Å². The van der Waals surface area contributed by atoms with E-state index >= 15 is 0 Å². The number of piperazine rings is 2. The molecule has 1 aromatic heterocycles. The van der Waals surface area contributed by atoms with E-state index in [0.717, 1.165) is 80.4 Å². The molecule has 0 saturated carbocycles. The molecule has 4 N–H and O–H groups in total. The molecule has 0 bridgehead atoms. The first kappa shape index (κ1) is 59.4. The number of benzene rings is 2. The van der Waals surface area contributed by atoms with E-state index in [9.17, 15) is 0 Å². The maximum Gasteiger partial charge on any atom is 1.00 e. The standard InChI is InChI=1S/C20H30ClN7.C18H28ClN3.C3H6N2S2.CH2O3.2K.H/c1-14-12-28(17-7-9-27(10-8-17)20-23-19(22)24-25-20)18(13-26(14)2)11-15-3-5-16(21)6-4-15;1-14-12-22(17-7-9-20-10-8-17)18(13-21(14)2)11-15-3-5-16(19)6-4-15;1-6-7(2)5-3-4;2-1-4-3;;;/h3-6,14,17-18H,7-13H2,1-2H3,(H3,22,23,24,25);3-6,14,17-18,20H,7-13H2,1-2H3;1-2H3;1,3H;;;/q;;;;2*+1;-1/p-1/t2*14-,18?;;;;;/m00...../s1. The van der Waals surface area contributed by atoms with Gasteiger partial charge in [0.25, 0.3) is 6.47 Å². The minimum Gasteiger partial charge on any atom is -1.00 e. The van der Waals surface area contributed by atoms with E-state index in [2.05, 4.69) is 106 Å². The maximum absolute atomic E-state index is 8.64. The number of halogens is 2. The third kappa shape index (κ3) is 20.4. The van der Waals surface area contributed by atoms with Gasteiger partial charge in [-0.2, -0.15) is 10.2 Å². The van der Waals surface area contributed by atoms with Crippen molar-refractivity contribution in [1.29, 1.82) is 5.26 Å². The summed E-state index contributed by atoms with van der Waals surface area (Å²) in [5.74, 6) is 1.11. The van der Waals surface area contributed by atoms with Gasteiger partial charge in [-0.05, 0) is 131 Å². The van der Waals surface area contributed by atoms with Crippen LogP contribution in [-0.4, -0.2) is 156 Å². The molecule has 63 heavy (non-hydrogen) atoms.